The Morgan fingerprint density at radius 1 is 0.909 bits per heavy atom. The molecule has 0 aliphatic rings. The van der Waals surface area contributed by atoms with Crippen molar-refractivity contribution in [1.82, 2.24) is 0 Å². The molecule has 0 heterocycles. The summed E-state index contributed by atoms with van der Waals surface area (Å²) in [6.45, 7) is 1.56. The van der Waals surface area contributed by atoms with Crippen LogP contribution in [0.2, 0.25) is 0 Å². The molecule has 0 aliphatic carbocycles. The highest BCUT2D eigenvalue weighted by Crippen LogP contribution is 2.29. The summed E-state index contributed by atoms with van der Waals surface area (Å²) in [7, 11) is 0. The molecule has 0 amide bonds. The van der Waals surface area contributed by atoms with E-state index in [0.717, 1.165) is 0 Å². The number of hydrogen-bond donors (Lipinski definition) is 4. The lowest BCUT2D eigenvalue weighted by atomic mass is 9.76. The predicted octanol–water partition coefficient (Wildman–Crippen LogP) is -1.28. The van der Waals surface area contributed by atoms with Crippen molar-refractivity contribution in [3.8, 4) is 0 Å². The molecule has 0 saturated heterocycles. The van der Waals surface area contributed by atoms with E-state index in [1.165, 1.54) is 13.8 Å². The van der Waals surface area contributed by atoms with Gasteiger partial charge in [0.2, 0.25) is 0 Å². The first-order chi connectivity index (χ1) is 4.93. The highest BCUT2D eigenvalue weighted by atomic mass is 16.3. The lowest BCUT2D eigenvalue weighted by Crippen LogP contribution is -2.51. The van der Waals surface area contributed by atoms with E-state index >= 15 is 0 Å². The van der Waals surface area contributed by atoms with Gasteiger partial charge in [-0.15, -0.1) is 0 Å². The Kier molecular flexibility index (Phi) is 3.44. The molecule has 0 bridgehead atoms. The van der Waals surface area contributed by atoms with E-state index < -0.39 is 30.8 Å². The minimum Gasteiger partial charge on any atom is -0.395 e. The molecule has 68 valence electrons. The van der Waals surface area contributed by atoms with Gasteiger partial charge in [0.15, 0.2) is 0 Å². The van der Waals surface area contributed by atoms with Crippen LogP contribution < -0.4 is 0 Å². The highest BCUT2D eigenvalue weighted by Gasteiger charge is 2.42. The minimum absolute atomic E-state index is 0.441. The molecule has 11 heavy (non-hydrogen) atoms. The fourth-order valence-electron chi connectivity index (χ4n) is 0.730. The second-order valence-corrected chi connectivity index (χ2v) is 3.31. The van der Waals surface area contributed by atoms with Crippen LogP contribution in [0.3, 0.4) is 0 Å². The van der Waals surface area contributed by atoms with Gasteiger partial charge in [-0.1, -0.05) is 0 Å². The van der Waals surface area contributed by atoms with E-state index in [1.807, 2.05) is 0 Å². The highest BCUT2D eigenvalue weighted by molar-refractivity contribution is 4.91. The van der Waals surface area contributed by atoms with Crippen LogP contribution in [0.4, 0.5) is 0 Å². The lowest BCUT2D eigenvalue weighted by molar-refractivity contribution is -0.133. The van der Waals surface area contributed by atoms with Crippen LogP contribution in [0, 0.1) is 5.41 Å². The summed E-state index contributed by atoms with van der Waals surface area (Å²) >= 11 is 0. The molecular weight excluding hydrogens is 148 g/mol. The second-order valence-electron chi connectivity index (χ2n) is 3.31. The molecule has 0 aromatic rings. The number of rotatable bonds is 4. The first-order valence-electron chi connectivity index (χ1n) is 3.48. The summed E-state index contributed by atoms with van der Waals surface area (Å²) in [4.78, 5) is 0. The zero-order valence-corrected chi connectivity index (χ0v) is 6.91. The average Bonchev–Trinajstić information content (AvgIpc) is 1.90. The largest absolute Gasteiger partial charge is 0.395 e. The zero-order valence-electron chi connectivity index (χ0n) is 6.91. The molecule has 0 saturated carbocycles. The predicted molar refractivity (Wildman–Crippen MR) is 40.0 cm³/mol. The molecule has 0 aromatic heterocycles. The Hall–Kier alpha value is -0.160. The van der Waals surface area contributed by atoms with Crippen LogP contribution in [-0.4, -0.2) is 45.8 Å². The van der Waals surface area contributed by atoms with Crippen LogP contribution in [-0.2, 0) is 0 Å². The molecule has 0 unspecified atom stereocenters. The summed E-state index contributed by atoms with van der Waals surface area (Å²) < 4.78 is 0. The molecule has 4 nitrogen and oxygen atoms in total. The normalized spacial score (nSPS) is 13.6. The van der Waals surface area contributed by atoms with Gasteiger partial charge in [0, 0.05) is 0 Å². The third-order valence-electron chi connectivity index (χ3n) is 2.21. The molecule has 4 N–H and O–H groups in total. The molecular formula is C7H16O4. The van der Waals surface area contributed by atoms with Gasteiger partial charge in [-0.05, 0) is 13.8 Å². The molecule has 0 atom stereocenters. The van der Waals surface area contributed by atoms with E-state index in [0.29, 0.717) is 0 Å². The molecule has 0 aliphatic heterocycles. The van der Waals surface area contributed by atoms with Crippen molar-refractivity contribution in [2.24, 2.45) is 5.41 Å². The van der Waals surface area contributed by atoms with Crippen LogP contribution in [0.5, 0.6) is 0 Å². The summed E-state index contributed by atoms with van der Waals surface area (Å²) in [6, 6.07) is 0. The van der Waals surface area contributed by atoms with Gasteiger partial charge in [-0.2, -0.15) is 0 Å². The second kappa shape index (κ2) is 3.49. The third kappa shape index (κ3) is 1.90. The van der Waals surface area contributed by atoms with E-state index in [2.05, 4.69) is 0 Å². The first kappa shape index (κ1) is 10.8. The Morgan fingerprint density at radius 2 is 1.18 bits per heavy atom. The summed E-state index contributed by atoms with van der Waals surface area (Å²) in [5.74, 6) is 0. The quantitative estimate of drug-likeness (QED) is 0.417. The van der Waals surface area contributed by atoms with E-state index in [-0.39, 0.29) is 0 Å². The summed E-state index contributed by atoms with van der Waals surface area (Å²) in [6.07, 6.45) is 0. The van der Waals surface area contributed by atoms with Gasteiger partial charge in [-0.3, -0.25) is 0 Å². The third-order valence-corrected chi connectivity index (χ3v) is 2.21. The SMILES string of the molecule is CC(C)(O)C(CO)(CO)CO. The van der Waals surface area contributed by atoms with Crippen molar-refractivity contribution in [2.75, 3.05) is 19.8 Å². The Labute approximate surface area is 66.1 Å². The van der Waals surface area contributed by atoms with E-state index in [9.17, 15) is 5.11 Å². The summed E-state index contributed by atoms with van der Waals surface area (Å²) in [5.41, 5.74) is -2.50. The fourth-order valence-corrected chi connectivity index (χ4v) is 0.730. The fraction of sp³-hybridized carbons (Fsp3) is 1.00. The maximum Gasteiger partial charge on any atom is 0.0713 e. The Balaban J connectivity index is 4.54. The average molecular weight is 164 g/mol. The molecule has 0 fully saturated rings. The van der Waals surface area contributed by atoms with Crippen LogP contribution in [0.25, 0.3) is 0 Å². The van der Waals surface area contributed by atoms with E-state index in [1.54, 1.807) is 0 Å². The molecule has 0 aromatic carbocycles. The standard InChI is InChI=1S/C7H16O4/c1-6(2,11)7(3-8,4-9)5-10/h8-11H,3-5H2,1-2H3. The molecule has 4 heteroatoms. The van der Waals surface area contributed by atoms with Crippen molar-refractivity contribution < 1.29 is 20.4 Å². The number of aliphatic hydroxyl groups is 4. The molecule has 0 radical (unpaired) electrons. The zero-order chi connectivity index (χ0) is 9.12. The maximum atomic E-state index is 9.45. The molecule has 0 spiro atoms. The van der Waals surface area contributed by atoms with Crippen molar-refractivity contribution in [2.45, 2.75) is 19.4 Å². The van der Waals surface area contributed by atoms with Crippen LogP contribution >= 0.6 is 0 Å². The van der Waals surface area contributed by atoms with E-state index in [4.69, 9.17) is 15.3 Å². The summed E-state index contributed by atoms with van der Waals surface area (Å²) in [5, 5.41) is 35.9. The van der Waals surface area contributed by atoms with Crippen LogP contribution in [0.1, 0.15) is 13.8 Å². The first-order valence-corrected chi connectivity index (χ1v) is 3.48. The van der Waals surface area contributed by atoms with Crippen molar-refractivity contribution in [3.63, 3.8) is 0 Å². The van der Waals surface area contributed by atoms with Gasteiger partial charge < -0.3 is 20.4 Å². The Morgan fingerprint density at radius 3 is 1.18 bits per heavy atom. The minimum atomic E-state index is -1.29. The van der Waals surface area contributed by atoms with Gasteiger partial charge >= 0.3 is 0 Å². The van der Waals surface area contributed by atoms with Crippen molar-refractivity contribution in [1.29, 1.82) is 0 Å². The monoisotopic (exact) mass is 164 g/mol. The topological polar surface area (TPSA) is 80.9 Å². The van der Waals surface area contributed by atoms with Gasteiger partial charge in [0.05, 0.1) is 30.8 Å². The van der Waals surface area contributed by atoms with Gasteiger partial charge in [-0.25, -0.2) is 0 Å². The number of hydrogen-bond acceptors (Lipinski definition) is 4. The number of aliphatic hydroxyl groups excluding tert-OH is 3. The molecule has 0 rings (SSSR count). The smallest absolute Gasteiger partial charge is 0.0713 e. The van der Waals surface area contributed by atoms with Crippen molar-refractivity contribution in [3.05, 3.63) is 0 Å². The van der Waals surface area contributed by atoms with Crippen LogP contribution in [0.15, 0.2) is 0 Å². The Bertz CT molecular complexity index is 104. The van der Waals surface area contributed by atoms with Gasteiger partial charge in [0.1, 0.15) is 0 Å². The lowest BCUT2D eigenvalue weighted by Gasteiger charge is -2.38. The van der Waals surface area contributed by atoms with Gasteiger partial charge in [0.25, 0.3) is 0 Å². The van der Waals surface area contributed by atoms with Crippen molar-refractivity contribution >= 4 is 0 Å². The maximum absolute atomic E-state index is 9.45.